The molecule has 20 heavy (non-hydrogen) atoms. The Kier molecular flexibility index (Phi) is 4.46. The van der Waals surface area contributed by atoms with Crippen LogP contribution in [0.25, 0.3) is 11.2 Å². The second-order valence-corrected chi connectivity index (χ2v) is 5.20. The van der Waals surface area contributed by atoms with E-state index in [4.69, 9.17) is 5.11 Å². The molecule has 0 unspecified atom stereocenters. The highest BCUT2D eigenvalue weighted by atomic mass is 32.2. The molecule has 2 aromatic heterocycles. The number of aliphatic hydroxyl groups is 1. The van der Waals surface area contributed by atoms with Crippen LogP contribution in [0.3, 0.4) is 0 Å². The molecular weight excluding hydrogens is 280 g/mol. The van der Waals surface area contributed by atoms with Crippen molar-refractivity contribution in [3.63, 3.8) is 0 Å². The monoisotopic (exact) mass is 296 g/mol. The largest absolute Gasteiger partial charge is 0.396 e. The zero-order valence-electron chi connectivity index (χ0n) is 11.3. The smallest absolute Gasteiger partial charge is 0.329 e. The van der Waals surface area contributed by atoms with E-state index >= 15 is 0 Å². The summed E-state index contributed by atoms with van der Waals surface area (Å²) in [6, 6.07) is 0. The van der Waals surface area contributed by atoms with Crippen LogP contribution in [0, 0.1) is 0 Å². The van der Waals surface area contributed by atoms with E-state index in [1.165, 1.54) is 16.3 Å². The van der Waals surface area contributed by atoms with Gasteiger partial charge in [-0.3, -0.25) is 14.3 Å². The summed E-state index contributed by atoms with van der Waals surface area (Å²) in [5.41, 5.74) is -0.220. The minimum absolute atomic E-state index is 0.0206. The van der Waals surface area contributed by atoms with Crippen LogP contribution in [0.15, 0.2) is 26.9 Å². The van der Waals surface area contributed by atoms with Gasteiger partial charge in [0.1, 0.15) is 0 Å². The third-order valence-electron chi connectivity index (χ3n) is 2.82. The van der Waals surface area contributed by atoms with Gasteiger partial charge in [-0.15, -0.1) is 0 Å². The molecule has 0 saturated heterocycles. The molecular formula is C12H16N4O3S. The van der Waals surface area contributed by atoms with E-state index in [-0.39, 0.29) is 6.61 Å². The maximum absolute atomic E-state index is 12.0. The summed E-state index contributed by atoms with van der Waals surface area (Å²) in [6.45, 7) is 2.40. The quantitative estimate of drug-likeness (QED) is 0.602. The highest BCUT2D eigenvalue weighted by Gasteiger charge is 2.16. The fourth-order valence-corrected chi connectivity index (χ4v) is 2.59. The molecule has 0 saturated carbocycles. The number of imidazole rings is 1. The van der Waals surface area contributed by atoms with Gasteiger partial charge in [-0.25, -0.2) is 9.78 Å². The molecule has 2 N–H and O–H groups in total. The van der Waals surface area contributed by atoms with Gasteiger partial charge in [-0.1, -0.05) is 23.9 Å². The Morgan fingerprint density at radius 1 is 1.45 bits per heavy atom. The fourth-order valence-electron chi connectivity index (χ4n) is 1.84. The molecule has 0 aliphatic heterocycles. The standard InChI is InChI=1S/C12H16N4O3S/c1-3-4-5-16-8-9(13-12(16)20-7-6-17)15(2)11(19)14-10(8)18/h3-4,17H,5-7H2,1-2H3,(H,14,18,19)/b4-3+. The van der Waals surface area contributed by atoms with E-state index in [9.17, 15) is 9.59 Å². The van der Waals surface area contributed by atoms with Crippen molar-refractivity contribution >= 4 is 22.9 Å². The fraction of sp³-hybridized carbons (Fsp3) is 0.417. The predicted octanol–water partition coefficient (Wildman–Crippen LogP) is 0.0838. The van der Waals surface area contributed by atoms with Gasteiger partial charge < -0.3 is 9.67 Å². The van der Waals surface area contributed by atoms with Gasteiger partial charge in [0.25, 0.3) is 5.56 Å². The number of nitrogens with one attached hydrogen (secondary N) is 1. The van der Waals surface area contributed by atoms with E-state index < -0.39 is 11.2 Å². The Morgan fingerprint density at radius 3 is 2.85 bits per heavy atom. The lowest BCUT2D eigenvalue weighted by atomic mass is 10.4. The van der Waals surface area contributed by atoms with Gasteiger partial charge in [0.2, 0.25) is 0 Å². The molecule has 2 aromatic rings. The minimum Gasteiger partial charge on any atom is -0.396 e. The predicted molar refractivity (Wildman–Crippen MR) is 78.2 cm³/mol. The zero-order valence-corrected chi connectivity index (χ0v) is 12.1. The van der Waals surface area contributed by atoms with Crippen molar-refractivity contribution in [2.24, 2.45) is 7.05 Å². The Balaban J connectivity index is 2.72. The average molecular weight is 296 g/mol. The Labute approximate surface area is 119 Å². The third-order valence-corrected chi connectivity index (χ3v) is 3.77. The van der Waals surface area contributed by atoms with Crippen LogP contribution in [-0.4, -0.2) is 36.6 Å². The Bertz CT molecular complexity index is 756. The molecule has 8 heteroatoms. The molecule has 0 aliphatic carbocycles. The number of aromatic amines is 1. The van der Waals surface area contributed by atoms with Crippen molar-refractivity contribution < 1.29 is 5.11 Å². The van der Waals surface area contributed by atoms with E-state index in [2.05, 4.69) is 9.97 Å². The van der Waals surface area contributed by atoms with Crippen LogP contribution in [0.4, 0.5) is 0 Å². The highest BCUT2D eigenvalue weighted by Crippen LogP contribution is 2.21. The van der Waals surface area contributed by atoms with Gasteiger partial charge in [-0.2, -0.15) is 0 Å². The average Bonchev–Trinajstić information content (AvgIpc) is 2.79. The number of thioether (sulfide) groups is 1. The molecule has 0 atom stereocenters. The van der Waals surface area contributed by atoms with Crippen molar-refractivity contribution in [3.8, 4) is 0 Å². The van der Waals surface area contributed by atoms with Crippen LogP contribution < -0.4 is 11.2 Å². The summed E-state index contributed by atoms with van der Waals surface area (Å²) in [6.07, 6.45) is 3.77. The zero-order chi connectivity index (χ0) is 14.7. The topological polar surface area (TPSA) is 92.9 Å². The number of aryl methyl sites for hydroxylation is 1. The molecule has 0 fully saturated rings. The molecule has 0 amide bonds. The first-order chi connectivity index (χ1) is 9.60. The normalized spacial score (nSPS) is 11.8. The molecule has 0 aromatic carbocycles. The van der Waals surface area contributed by atoms with Crippen molar-refractivity contribution in [3.05, 3.63) is 33.0 Å². The summed E-state index contributed by atoms with van der Waals surface area (Å²) < 4.78 is 3.06. The lowest BCUT2D eigenvalue weighted by Gasteiger charge is -2.04. The SMILES string of the molecule is C/C=C/Cn1c(SCCO)nc2c1c(=O)[nH]c(=O)n2C. The number of hydrogen-bond donors (Lipinski definition) is 2. The Morgan fingerprint density at radius 2 is 2.20 bits per heavy atom. The number of rotatable bonds is 5. The maximum atomic E-state index is 12.0. The van der Waals surface area contributed by atoms with Crippen LogP contribution in [0.1, 0.15) is 6.92 Å². The van der Waals surface area contributed by atoms with Gasteiger partial charge in [0.05, 0.1) is 6.61 Å². The maximum Gasteiger partial charge on any atom is 0.329 e. The van der Waals surface area contributed by atoms with E-state index in [1.807, 2.05) is 19.1 Å². The van der Waals surface area contributed by atoms with Gasteiger partial charge in [0, 0.05) is 19.3 Å². The lowest BCUT2D eigenvalue weighted by Crippen LogP contribution is -2.29. The molecule has 0 radical (unpaired) electrons. The van der Waals surface area contributed by atoms with E-state index in [0.717, 1.165) is 0 Å². The first kappa shape index (κ1) is 14.6. The second-order valence-electron chi connectivity index (χ2n) is 4.14. The number of H-pyrrole nitrogens is 1. The number of fused-ring (bicyclic) bond motifs is 1. The van der Waals surface area contributed by atoms with Crippen molar-refractivity contribution in [2.45, 2.75) is 18.6 Å². The molecule has 108 valence electrons. The van der Waals surface area contributed by atoms with Crippen molar-refractivity contribution in [1.82, 2.24) is 19.1 Å². The number of nitrogens with zero attached hydrogens (tertiary/aromatic N) is 3. The summed E-state index contributed by atoms with van der Waals surface area (Å²) in [7, 11) is 1.56. The molecule has 0 bridgehead atoms. The lowest BCUT2D eigenvalue weighted by molar-refractivity contribution is 0.322. The molecule has 2 rings (SSSR count). The van der Waals surface area contributed by atoms with E-state index in [0.29, 0.717) is 28.6 Å². The van der Waals surface area contributed by atoms with Crippen LogP contribution in [0.2, 0.25) is 0 Å². The van der Waals surface area contributed by atoms with Crippen molar-refractivity contribution in [1.29, 1.82) is 0 Å². The molecule has 7 nitrogen and oxygen atoms in total. The molecule has 0 aliphatic rings. The summed E-state index contributed by atoms with van der Waals surface area (Å²) >= 11 is 1.35. The summed E-state index contributed by atoms with van der Waals surface area (Å²) in [5, 5.41) is 9.54. The highest BCUT2D eigenvalue weighted by molar-refractivity contribution is 7.99. The first-order valence-electron chi connectivity index (χ1n) is 6.14. The Hall–Kier alpha value is -1.80. The number of aromatic nitrogens is 4. The van der Waals surface area contributed by atoms with Gasteiger partial charge in [0.15, 0.2) is 16.3 Å². The van der Waals surface area contributed by atoms with Crippen LogP contribution in [-0.2, 0) is 13.6 Å². The van der Waals surface area contributed by atoms with Gasteiger partial charge >= 0.3 is 5.69 Å². The number of hydrogen-bond acceptors (Lipinski definition) is 5. The molecule has 2 heterocycles. The summed E-state index contributed by atoms with van der Waals surface area (Å²) in [4.78, 5) is 30.2. The van der Waals surface area contributed by atoms with Crippen LogP contribution in [0.5, 0.6) is 0 Å². The van der Waals surface area contributed by atoms with E-state index in [1.54, 1.807) is 11.6 Å². The van der Waals surface area contributed by atoms with Crippen molar-refractivity contribution in [2.75, 3.05) is 12.4 Å². The number of aliphatic hydroxyl groups excluding tert-OH is 1. The second kappa shape index (κ2) is 6.10. The summed E-state index contributed by atoms with van der Waals surface area (Å²) in [5.74, 6) is 0.477. The minimum atomic E-state index is -0.489. The number of allylic oxidation sites excluding steroid dienone is 2. The third kappa shape index (κ3) is 2.56. The molecule has 0 spiro atoms. The van der Waals surface area contributed by atoms with Gasteiger partial charge in [-0.05, 0) is 6.92 Å². The van der Waals surface area contributed by atoms with Crippen LogP contribution >= 0.6 is 11.8 Å². The first-order valence-corrected chi connectivity index (χ1v) is 7.13.